The van der Waals surface area contributed by atoms with E-state index in [9.17, 15) is 4.79 Å². The van der Waals surface area contributed by atoms with Gasteiger partial charge in [-0.05, 0) is 19.3 Å². The van der Waals surface area contributed by atoms with E-state index in [4.69, 9.17) is 5.21 Å². The molecule has 1 fully saturated rings. The van der Waals surface area contributed by atoms with E-state index in [1.165, 1.54) is 0 Å². The molecule has 0 spiro atoms. The van der Waals surface area contributed by atoms with Crippen molar-refractivity contribution in [3.63, 3.8) is 0 Å². The molecule has 0 aromatic carbocycles. The Morgan fingerprint density at radius 3 is 2.27 bits per heavy atom. The number of hydrogen-bond donors (Lipinski definition) is 1. The molecule has 1 aliphatic rings. The second-order valence-corrected chi connectivity index (χ2v) is 3.17. The Morgan fingerprint density at radius 2 is 2.09 bits per heavy atom. The normalized spacial score (nSPS) is 22.8. The van der Waals surface area contributed by atoms with E-state index in [1.54, 1.807) is 0 Å². The van der Waals surface area contributed by atoms with Crippen LogP contribution in [0.2, 0.25) is 0 Å². The standard InChI is InChI=1S/C8H15NO2/c1-3-8(4-2)5-6-9(11)7(8)10/h11H,3-6H2,1-2H3. The minimum atomic E-state index is -0.255. The Hall–Kier alpha value is -0.570. The van der Waals surface area contributed by atoms with Crippen LogP contribution in [0.1, 0.15) is 33.1 Å². The highest BCUT2D eigenvalue weighted by atomic mass is 16.5. The number of rotatable bonds is 2. The van der Waals surface area contributed by atoms with Crippen molar-refractivity contribution in [3.8, 4) is 0 Å². The Balaban J connectivity index is 2.78. The maximum absolute atomic E-state index is 11.4. The van der Waals surface area contributed by atoms with Gasteiger partial charge < -0.3 is 0 Å². The topological polar surface area (TPSA) is 40.5 Å². The van der Waals surface area contributed by atoms with Crippen LogP contribution < -0.4 is 0 Å². The van der Waals surface area contributed by atoms with Gasteiger partial charge in [-0.25, -0.2) is 5.06 Å². The summed E-state index contributed by atoms with van der Waals surface area (Å²) >= 11 is 0. The van der Waals surface area contributed by atoms with Crippen molar-refractivity contribution in [3.05, 3.63) is 0 Å². The molecule has 0 aromatic rings. The van der Waals surface area contributed by atoms with Crippen LogP contribution in [0, 0.1) is 5.41 Å². The summed E-state index contributed by atoms with van der Waals surface area (Å²) in [6, 6.07) is 0. The van der Waals surface area contributed by atoms with Crippen molar-refractivity contribution in [1.82, 2.24) is 5.06 Å². The third kappa shape index (κ3) is 1.13. The molecule has 0 aromatic heterocycles. The lowest BCUT2D eigenvalue weighted by molar-refractivity contribution is -0.164. The summed E-state index contributed by atoms with van der Waals surface area (Å²) in [5, 5.41) is 9.93. The molecule has 0 saturated carbocycles. The molecule has 1 rings (SSSR count). The van der Waals surface area contributed by atoms with E-state index in [0.29, 0.717) is 6.54 Å². The predicted molar refractivity (Wildman–Crippen MR) is 41.1 cm³/mol. The van der Waals surface area contributed by atoms with Crippen molar-refractivity contribution < 1.29 is 10.0 Å². The minimum absolute atomic E-state index is 0.0949. The molecule has 0 aliphatic carbocycles. The third-order valence-electron chi connectivity index (χ3n) is 2.84. The fourth-order valence-corrected chi connectivity index (χ4v) is 1.71. The average Bonchev–Trinajstić information content (AvgIpc) is 2.32. The molecule has 1 N–H and O–H groups in total. The van der Waals surface area contributed by atoms with E-state index in [0.717, 1.165) is 24.3 Å². The van der Waals surface area contributed by atoms with Crippen LogP contribution in [-0.2, 0) is 4.79 Å². The zero-order valence-corrected chi connectivity index (χ0v) is 7.13. The molecule has 1 amide bonds. The van der Waals surface area contributed by atoms with Crippen LogP contribution in [0.5, 0.6) is 0 Å². The van der Waals surface area contributed by atoms with Gasteiger partial charge in [0.25, 0.3) is 5.91 Å². The Kier molecular flexibility index (Phi) is 2.18. The fourth-order valence-electron chi connectivity index (χ4n) is 1.71. The van der Waals surface area contributed by atoms with Crippen LogP contribution in [0.4, 0.5) is 0 Å². The van der Waals surface area contributed by atoms with Gasteiger partial charge in [-0.2, -0.15) is 0 Å². The van der Waals surface area contributed by atoms with Crippen molar-refractivity contribution in [1.29, 1.82) is 0 Å². The van der Waals surface area contributed by atoms with E-state index in [2.05, 4.69) is 0 Å². The SMILES string of the molecule is CCC1(CC)CCN(O)C1=O. The molecule has 1 aliphatic heterocycles. The Morgan fingerprint density at radius 1 is 1.55 bits per heavy atom. The first-order valence-electron chi connectivity index (χ1n) is 4.17. The van der Waals surface area contributed by atoms with Gasteiger partial charge in [0.15, 0.2) is 0 Å². The molecule has 0 atom stereocenters. The molecule has 3 heteroatoms. The largest absolute Gasteiger partial charge is 0.286 e. The first kappa shape index (κ1) is 8.53. The Labute approximate surface area is 67.0 Å². The van der Waals surface area contributed by atoms with Gasteiger partial charge in [0.2, 0.25) is 0 Å². The molecular formula is C8H15NO2. The summed E-state index contributed by atoms with van der Waals surface area (Å²) in [5.41, 5.74) is -0.255. The van der Waals surface area contributed by atoms with Gasteiger partial charge in [-0.1, -0.05) is 13.8 Å². The molecule has 11 heavy (non-hydrogen) atoms. The monoisotopic (exact) mass is 157 g/mol. The molecule has 0 radical (unpaired) electrons. The average molecular weight is 157 g/mol. The molecule has 64 valence electrons. The third-order valence-corrected chi connectivity index (χ3v) is 2.84. The zero-order chi connectivity index (χ0) is 8.48. The summed E-state index contributed by atoms with van der Waals surface area (Å²) in [4.78, 5) is 11.4. The predicted octanol–water partition coefficient (Wildman–Crippen LogP) is 1.41. The van der Waals surface area contributed by atoms with Gasteiger partial charge in [-0.3, -0.25) is 10.0 Å². The quantitative estimate of drug-likeness (QED) is 0.616. The summed E-state index contributed by atoms with van der Waals surface area (Å²) < 4.78 is 0. The summed E-state index contributed by atoms with van der Waals surface area (Å²) in [5.74, 6) is -0.0949. The van der Waals surface area contributed by atoms with Crippen molar-refractivity contribution in [2.45, 2.75) is 33.1 Å². The van der Waals surface area contributed by atoms with Crippen molar-refractivity contribution in [2.24, 2.45) is 5.41 Å². The van der Waals surface area contributed by atoms with Gasteiger partial charge in [0.1, 0.15) is 0 Å². The second kappa shape index (κ2) is 2.81. The number of hydrogen-bond acceptors (Lipinski definition) is 2. The molecular weight excluding hydrogens is 142 g/mol. The number of nitrogens with zero attached hydrogens (tertiary/aromatic N) is 1. The van der Waals surface area contributed by atoms with Gasteiger partial charge in [-0.15, -0.1) is 0 Å². The summed E-state index contributed by atoms with van der Waals surface area (Å²) in [6.07, 6.45) is 2.47. The molecule has 0 bridgehead atoms. The van der Waals surface area contributed by atoms with Crippen molar-refractivity contribution >= 4 is 5.91 Å². The molecule has 1 saturated heterocycles. The number of carbonyl (C=O) groups is 1. The van der Waals surface area contributed by atoms with Crippen LogP contribution in [-0.4, -0.2) is 22.7 Å². The summed E-state index contributed by atoms with van der Waals surface area (Å²) in [6.45, 7) is 4.50. The fraction of sp³-hybridized carbons (Fsp3) is 0.875. The maximum Gasteiger partial charge on any atom is 0.252 e. The van der Waals surface area contributed by atoms with E-state index in [1.807, 2.05) is 13.8 Å². The number of carbonyl (C=O) groups excluding carboxylic acids is 1. The highest BCUT2D eigenvalue weighted by Gasteiger charge is 2.43. The number of hydroxylamine groups is 2. The van der Waals surface area contributed by atoms with Crippen LogP contribution in [0.25, 0.3) is 0 Å². The van der Waals surface area contributed by atoms with Gasteiger partial charge in [0, 0.05) is 6.54 Å². The highest BCUT2D eigenvalue weighted by Crippen LogP contribution is 2.37. The first-order chi connectivity index (χ1) is 5.16. The lowest BCUT2D eigenvalue weighted by Gasteiger charge is -2.22. The molecule has 1 heterocycles. The second-order valence-electron chi connectivity index (χ2n) is 3.17. The minimum Gasteiger partial charge on any atom is -0.286 e. The van der Waals surface area contributed by atoms with Crippen LogP contribution in [0.3, 0.4) is 0 Å². The molecule has 3 nitrogen and oxygen atoms in total. The maximum atomic E-state index is 11.4. The van der Waals surface area contributed by atoms with Crippen LogP contribution >= 0.6 is 0 Å². The first-order valence-corrected chi connectivity index (χ1v) is 4.17. The van der Waals surface area contributed by atoms with Crippen LogP contribution in [0.15, 0.2) is 0 Å². The Bertz CT molecular complexity index is 163. The van der Waals surface area contributed by atoms with Gasteiger partial charge in [0.05, 0.1) is 5.41 Å². The summed E-state index contributed by atoms with van der Waals surface area (Å²) in [7, 11) is 0. The van der Waals surface area contributed by atoms with E-state index < -0.39 is 0 Å². The lowest BCUT2D eigenvalue weighted by atomic mass is 9.81. The van der Waals surface area contributed by atoms with Gasteiger partial charge >= 0.3 is 0 Å². The van der Waals surface area contributed by atoms with Crippen molar-refractivity contribution in [2.75, 3.05) is 6.54 Å². The molecule has 0 unspecified atom stereocenters. The van der Waals surface area contributed by atoms with E-state index >= 15 is 0 Å². The van der Waals surface area contributed by atoms with E-state index in [-0.39, 0.29) is 11.3 Å². The number of amides is 1. The smallest absolute Gasteiger partial charge is 0.252 e. The highest BCUT2D eigenvalue weighted by molar-refractivity contribution is 5.83. The zero-order valence-electron chi connectivity index (χ0n) is 7.13. The lowest BCUT2D eigenvalue weighted by Crippen LogP contribution is -2.31.